The SMILES string of the molecule is CCCCCCCCCCCCCCCCCCOC[C@H](COC(=O)CP(=O)(O)O)OC. The Morgan fingerprint density at radius 2 is 1.19 bits per heavy atom. The van der Waals surface area contributed by atoms with Gasteiger partial charge in [-0.15, -0.1) is 0 Å². The second-order valence-corrected chi connectivity index (χ2v) is 10.4. The van der Waals surface area contributed by atoms with E-state index < -0.39 is 25.8 Å². The van der Waals surface area contributed by atoms with Crippen molar-refractivity contribution in [2.24, 2.45) is 0 Å². The highest BCUT2D eigenvalue weighted by Crippen LogP contribution is 2.33. The quantitative estimate of drug-likeness (QED) is 0.0992. The molecule has 1 atom stereocenters. The van der Waals surface area contributed by atoms with Crippen molar-refractivity contribution in [3.05, 3.63) is 0 Å². The average molecular weight is 481 g/mol. The number of carbonyl (C=O) groups is 1. The van der Waals surface area contributed by atoms with Gasteiger partial charge in [0.2, 0.25) is 0 Å². The Bertz CT molecular complexity index is 467. The van der Waals surface area contributed by atoms with Crippen LogP contribution in [-0.2, 0) is 23.6 Å². The summed E-state index contributed by atoms with van der Waals surface area (Å²) in [5.41, 5.74) is 0. The molecular formula is C24H49O7P. The summed E-state index contributed by atoms with van der Waals surface area (Å²) in [6.07, 6.45) is 19.9. The van der Waals surface area contributed by atoms with Crippen molar-refractivity contribution in [3.63, 3.8) is 0 Å². The van der Waals surface area contributed by atoms with Crippen LogP contribution in [0, 0.1) is 0 Å². The molecule has 0 aliphatic carbocycles. The minimum atomic E-state index is -4.39. The molecule has 8 heteroatoms. The van der Waals surface area contributed by atoms with Crippen molar-refractivity contribution < 1.29 is 33.4 Å². The maximum Gasteiger partial charge on any atom is 0.336 e. The van der Waals surface area contributed by atoms with E-state index in [0.29, 0.717) is 13.2 Å². The van der Waals surface area contributed by atoms with Crippen LogP contribution in [0.1, 0.15) is 110 Å². The summed E-state index contributed by atoms with van der Waals surface area (Å²) < 4.78 is 26.3. The topological polar surface area (TPSA) is 102 Å². The second kappa shape index (κ2) is 22.3. The van der Waals surface area contributed by atoms with Gasteiger partial charge in [0.25, 0.3) is 0 Å². The predicted molar refractivity (Wildman–Crippen MR) is 129 cm³/mol. The zero-order valence-electron chi connectivity index (χ0n) is 20.6. The number of methoxy groups -OCH3 is 1. The van der Waals surface area contributed by atoms with Gasteiger partial charge in [0.05, 0.1) is 6.61 Å². The lowest BCUT2D eigenvalue weighted by Gasteiger charge is -2.16. The van der Waals surface area contributed by atoms with E-state index in [2.05, 4.69) is 6.92 Å². The number of hydrogen-bond acceptors (Lipinski definition) is 5. The van der Waals surface area contributed by atoms with Crippen LogP contribution in [0.3, 0.4) is 0 Å². The molecule has 0 fully saturated rings. The Kier molecular flexibility index (Phi) is 22.0. The van der Waals surface area contributed by atoms with Gasteiger partial charge in [0.1, 0.15) is 18.9 Å². The zero-order chi connectivity index (χ0) is 23.9. The van der Waals surface area contributed by atoms with Crippen LogP contribution >= 0.6 is 7.60 Å². The molecule has 0 amide bonds. The first-order valence-corrected chi connectivity index (χ1v) is 14.5. The third-order valence-electron chi connectivity index (χ3n) is 5.54. The van der Waals surface area contributed by atoms with Gasteiger partial charge >= 0.3 is 13.6 Å². The smallest absolute Gasteiger partial charge is 0.336 e. The van der Waals surface area contributed by atoms with Crippen LogP contribution in [0.5, 0.6) is 0 Å². The highest BCUT2D eigenvalue weighted by molar-refractivity contribution is 7.52. The molecule has 0 aliphatic rings. The van der Waals surface area contributed by atoms with Crippen LogP contribution in [-0.4, -0.2) is 55.0 Å². The number of esters is 1. The van der Waals surface area contributed by atoms with Crippen molar-refractivity contribution in [2.45, 2.75) is 116 Å². The lowest BCUT2D eigenvalue weighted by atomic mass is 10.0. The molecule has 0 saturated carbocycles. The normalized spacial score (nSPS) is 12.8. The minimum absolute atomic E-state index is 0.0751. The lowest BCUT2D eigenvalue weighted by Crippen LogP contribution is -2.27. The maximum atomic E-state index is 11.3. The van der Waals surface area contributed by atoms with Crippen molar-refractivity contribution >= 4 is 13.6 Å². The van der Waals surface area contributed by atoms with Crippen LogP contribution in [0.2, 0.25) is 0 Å². The molecule has 192 valence electrons. The summed E-state index contributed by atoms with van der Waals surface area (Å²) in [6.45, 7) is 3.12. The fourth-order valence-corrected chi connectivity index (χ4v) is 3.98. The number of rotatable bonds is 24. The first-order valence-electron chi connectivity index (χ1n) is 12.7. The molecule has 0 saturated heterocycles. The summed E-state index contributed by atoms with van der Waals surface area (Å²) in [5.74, 6) is -0.932. The molecule has 0 aromatic heterocycles. The van der Waals surface area contributed by atoms with E-state index in [1.165, 1.54) is 97.0 Å². The highest BCUT2D eigenvalue weighted by atomic mass is 31.2. The molecule has 0 radical (unpaired) electrons. The van der Waals surface area contributed by atoms with Gasteiger partial charge < -0.3 is 24.0 Å². The Morgan fingerprint density at radius 1 is 0.750 bits per heavy atom. The lowest BCUT2D eigenvalue weighted by molar-refractivity contribution is -0.145. The van der Waals surface area contributed by atoms with Gasteiger partial charge in [-0.2, -0.15) is 0 Å². The molecule has 0 aromatic rings. The van der Waals surface area contributed by atoms with Crippen LogP contribution in [0.25, 0.3) is 0 Å². The van der Waals surface area contributed by atoms with Gasteiger partial charge in [0.15, 0.2) is 0 Å². The van der Waals surface area contributed by atoms with Gasteiger partial charge in [-0.25, -0.2) is 0 Å². The number of unbranched alkanes of at least 4 members (excludes halogenated alkanes) is 15. The van der Waals surface area contributed by atoms with E-state index in [1.54, 1.807) is 0 Å². The monoisotopic (exact) mass is 480 g/mol. The predicted octanol–water partition coefficient (Wildman–Crippen LogP) is 6.00. The van der Waals surface area contributed by atoms with E-state index >= 15 is 0 Å². The van der Waals surface area contributed by atoms with Gasteiger partial charge in [-0.1, -0.05) is 103 Å². The average Bonchev–Trinajstić information content (AvgIpc) is 2.73. The fraction of sp³-hybridized carbons (Fsp3) is 0.958. The van der Waals surface area contributed by atoms with Crippen molar-refractivity contribution in [3.8, 4) is 0 Å². The van der Waals surface area contributed by atoms with Crippen LogP contribution in [0.15, 0.2) is 0 Å². The van der Waals surface area contributed by atoms with Crippen LogP contribution in [0.4, 0.5) is 0 Å². The Hall–Kier alpha value is -0.460. The third-order valence-corrected chi connectivity index (χ3v) is 6.21. The van der Waals surface area contributed by atoms with E-state index in [-0.39, 0.29) is 6.61 Å². The molecule has 0 aromatic carbocycles. The molecule has 0 heterocycles. The van der Waals surface area contributed by atoms with Crippen molar-refractivity contribution in [1.82, 2.24) is 0 Å². The van der Waals surface area contributed by atoms with E-state index in [0.717, 1.165) is 12.8 Å². The molecular weight excluding hydrogens is 431 g/mol. The van der Waals surface area contributed by atoms with Gasteiger partial charge in [0, 0.05) is 13.7 Å². The minimum Gasteiger partial charge on any atom is -0.462 e. The first kappa shape index (κ1) is 31.5. The van der Waals surface area contributed by atoms with Gasteiger partial charge in [-0.05, 0) is 6.42 Å². The maximum absolute atomic E-state index is 11.3. The van der Waals surface area contributed by atoms with Gasteiger partial charge in [-0.3, -0.25) is 9.36 Å². The first-order chi connectivity index (χ1) is 15.4. The highest BCUT2D eigenvalue weighted by Gasteiger charge is 2.21. The summed E-state index contributed by atoms with van der Waals surface area (Å²) in [4.78, 5) is 28.8. The molecule has 0 aliphatic heterocycles. The number of carbonyl (C=O) groups excluding carboxylic acids is 1. The van der Waals surface area contributed by atoms with Crippen LogP contribution < -0.4 is 0 Å². The van der Waals surface area contributed by atoms with E-state index in [9.17, 15) is 9.36 Å². The molecule has 0 rings (SSSR count). The summed E-state index contributed by atoms with van der Waals surface area (Å²) in [6, 6.07) is 0. The Balaban J connectivity index is 3.35. The van der Waals surface area contributed by atoms with Crippen molar-refractivity contribution in [2.75, 3.05) is 33.1 Å². The van der Waals surface area contributed by atoms with Crippen molar-refractivity contribution in [1.29, 1.82) is 0 Å². The van der Waals surface area contributed by atoms with E-state index in [4.69, 9.17) is 24.0 Å². The zero-order valence-corrected chi connectivity index (χ0v) is 21.5. The molecule has 0 bridgehead atoms. The Morgan fingerprint density at radius 3 is 1.59 bits per heavy atom. The molecule has 7 nitrogen and oxygen atoms in total. The second-order valence-electron chi connectivity index (χ2n) is 8.74. The molecule has 0 unspecified atom stereocenters. The Labute approximate surface area is 196 Å². The third kappa shape index (κ3) is 24.2. The molecule has 0 spiro atoms. The largest absolute Gasteiger partial charge is 0.462 e. The summed E-state index contributed by atoms with van der Waals surface area (Å²) in [5, 5.41) is 0. The fourth-order valence-electron chi connectivity index (χ4n) is 3.55. The molecule has 32 heavy (non-hydrogen) atoms. The summed E-state index contributed by atoms with van der Waals surface area (Å²) >= 11 is 0. The standard InChI is InChI=1S/C24H49O7P/c1-3-4-5-6-7-8-9-10-11-12-13-14-15-16-17-18-19-30-20-23(29-2)21-31-24(25)22-32(26,27)28/h23H,3-22H2,1-2H3,(H2,26,27,28)/t23-/m1/s1. The summed E-state index contributed by atoms with van der Waals surface area (Å²) in [7, 11) is -2.91. The number of ether oxygens (including phenoxy) is 3. The molecule has 2 N–H and O–H groups in total. The van der Waals surface area contributed by atoms with E-state index in [1.807, 2.05) is 0 Å². The number of hydrogen-bond donors (Lipinski definition) is 2.